The van der Waals surface area contributed by atoms with Crippen molar-refractivity contribution in [1.29, 1.82) is 0 Å². The largest absolute Gasteiger partial charge is 0.379 e. The Bertz CT molecular complexity index is 253. The molecule has 1 heterocycles. The lowest BCUT2D eigenvalue weighted by Crippen LogP contribution is -2.54. The van der Waals surface area contributed by atoms with E-state index in [-0.39, 0.29) is 5.54 Å². The van der Waals surface area contributed by atoms with Gasteiger partial charge in [0.25, 0.3) is 0 Å². The average molecular weight is 225 g/mol. The van der Waals surface area contributed by atoms with Crippen molar-refractivity contribution in [3.05, 3.63) is 0 Å². The third-order valence-corrected chi connectivity index (χ3v) is 4.18. The highest BCUT2D eigenvalue weighted by molar-refractivity contribution is 5.87. The first-order valence-electron chi connectivity index (χ1n) is 6.47. The molecule has 0 atom stereocenters. The first-order chi connectivity index (χ1) is 7.60. The van der Waals surface area contributed by atoms with Gasteiger partial charge < -0.3 is 4.74 Å². The van der Waals surface area contributed by atoms with Crippen LogP contribution in [-0.2, 0) is 9.53 Å². The lowest BCUT2D eigenvalue weighted by Gasteiger charge is -2.40. The number of ketones is 1. The first kappa shape index (κ1) is 12.1. The molecule has 0 bridgehead atoms. The monoisotopic (exact) mass is 225 g/mol. The highest BCUT2D eigenvalue weighted by atomic mass is 16.5. The molecule has 2 fully saturated rings. The van der Waals surface area contributed by atoms with Crippen molar-refractivity contribution in [3.8, 4) is 0 Å². The SMILES string of the molecule is CC(C)(C(=O)CC1CCC1)N1CCOCC1. The molecule has 1 aliphatic carbocycles. The third kappa shape index (κ3) is 2.46. The van der Waals surface area contributed by atoms with E-state index in [0.29, 0.717) is 11.7 Å². The van der Waals surface area contributed by atoms with Crippen molar-refractivity contribution in [1.82, 2.24) is 4.90 Å². The molecule has 1 saturated heterocycles. The molecule has 0 unspecified atom stereocenters. The molecule has 0 N–H and O–H groups in total. The number of carbonyl (C=O) groups excluding carboxylic acids is 1. The van der Waals surface area contributed by atoms with Gasteiger partial charge in [0.15, 0.2) is 5.78 Å². The Kier molecular flexibility index (Phi) is 3.65. The van der Waals surface area contributed by atoms with Crippen molar-refractivity contribution in [3.63, 3.8) is 0 Å². The molecule has 0 aromatic heterocycles. The minimum absolute atomic E-state index is 0.292. The molecule has 3 nitrogen and oxygen atoms in total. The van der Waals surface area contributed by atoms with Gasteiger partial charge >= 0.3 is 0 Å². The zero-order valence-corrected chi connectivity index (χ0v) is 10.5. The van der Waals surface area contributed by atoms with Crippen LogP contribution in [0.3, 0.4) is 0 Å². The Morgan fingerprint density at radius 2 is 1.94 bits per heavy atom. The first-order valence-corrected chi connectivity index (χ1v) is 6.47. The normalized spacial score (nSPS) is 24.1. The zero-order chi connectivity index (χ0) is 11.6. The minimum Gasteiger partial charge on any atom is -0.379 e. The van der Waals surface area contributed by atoms with Gasteiger partial charge in [0.1, 0.15) is 0 Å². The van der Waals surface area contributed by atoms with Gasteiger partial charge in [0.2, 0.25) is 0 Å². The molecule has 0 amide bonds. The molecule has 0 aromatic carbocycles. The van der Waals surface area contributed by atoms with Gasteiger partial charge in [-0.25, -0.2) is 0 Å². The molecule has 0 aromatic rings. The van der Waals surface area contributed by atoms with E-state index in [1.807, 2.05) is 0 Å². The summed E-state index contributed by atoms with van der Waals surface area (Å²) in [5, 5.41) is 0. The van der Waals surface area contributed by atoms with E-state index in [9.17, 15) is 4.79 Å². The predicted octanol–water partition coefficient (Wildman–Crippen LogP) is 1.86. The van der Waals surface area contributed by atoms with Crippen LogP contribution in [0.15, 0.2) is 0 Å². The number of ether oxygens (including phenoxy) is 1. The Labute approximate surface area is 98.1 Å². The molecule has 1 saturated carbocycles. The summed E-state index contributed by atoms with van der Waals surface area (Å²) < 4.78 is 5.34. The third-order valence-electron chi connectivity index (χ3n) is 4.18. The average Bonchev–Trinajstić information content (AvgIpc) is 2.24. The van der Waals surface area contributed by atoms with Gasteiger partial charge in [-0.2, -0.15) is 0 Å². The summed E-state index contributed by atoms with van der Waals surface area (Å²) in [6.07, 6.45) is 4.61. The minimum atomic E-state index is -0.292. The molecule has 0 radical (unpaired) electrons. The number of rotatable bonds is 4. The summed E-state index contributed by atoms with van der Waals surface area (Å²) in [5.41, 5.74) is -0.292. The molecular weight excluding hydrogens is 202 g/mol. The van der Waals surface area contributed by atoms with Crippen molar-refractivity contribution in [2.45, 2.75) is 45.1 Å². The van der Waals surface area contributed by atoms with Crippen LogP contribution in [-0.4, -0.2) is 42.5 Å². The molecule has 16 heavy (non-hydrogen) atoms. The van der Waals surface area contributed by atoms with E-state index in [1.54, 1.807) is 0 Å². The van der Waals surface area contributed by atoms with Gasteiger partial charge in [-0.05, 0) is 19.8 Å². The Morgan fingerprint density at radius 1 is 1.31 bits per heavy atom. The van der Waals surface area contributed by atoms with Crippen molar-refractivity contribution >= 4 is 5.78 Å². The number of carbonyl (C=O) groups is 1. The fourth-order valence-electron chi connectivity index (χ4n) is 2.51. The summed E-state index contributed by atoms with van der Waals surface area (Å²) in [5.74, 6) is 1.09. The van der Waals surface area contributed by atoms with Gasteiger partial charge in [-0.1, -0.05) is 19.3 Å². The van der Waals surface area contributed by atoms with Crippen molar-refractivity contribution < 1.29 is 9.53 Å². The van der Waals surface area contributed by atoms with Gasteiger partial charge in [-0.3, -0.25) is 9.69 Å². The van der Waals surface area contributed by atoms with Crippen LogP contribution in [0, 0.1) is 5.92 Å². The lowest BCUT2D eigenvalue weighted by atomic mass is 9.78. The maximum Gasteiger partial charge on any atom is 0.152 e. The second-order valence-electron chi connectivity index (χ2n) is 5.58. The molecule has 3 heteroatoms. The summed E-state index contributed by atoms with van der Waals surface area (Å²) in [7, 11) is 0. The zero-order valence-electron chi connectivity index (χ0n) is 10.5. The fourth-order valence-corrected chi connectivity index (χ4v) is 2.51. The molecule has 1 aliphatic heterocycles. The van der Waals surface area contributed by atoms with Crippen LogP contribution >= 0.6 is 0 Å². The number of Topliss-reactive ketones (excluding diaryl/α,β-unsaturated/α-hetero) is 1. The van der Waals surface area contributed by atoms with Crippen molar-refractivity contribution in [2.75, 3.05) is 26.3 Å². The van der Waals surface area contributed by atoms with E-state index < -0.39 is 0 Å². The Hall–Kier alpha value is -0.410. The fraction of sp³-hybridized carbons (Fsp3) is 0.923. The molecule has 0 spiro atoms. The molecule has 92 valence electrons. The van der Waals surface area contributed by atoms with Crippen LogP contribution in [0.5, 0.6) is 0 Å². The Morgan fingerprint density at radius 3 is 2.44 bits per heavy atom. The van der Waals surface area contributed by atoms with Crippen LogP contribution < -0.4 is 0 Å². The van der Waals surface area contributed by atoms with Crippen LogP contribution in [0.1, 0.15) is 39.5 Å². The standard InChI is InChI=1S/C13H23NO2/c1-13(2,14-6-8-16-9-7-14)12(15)10-11-4-3-5-11/h11H,3-10H2,1-2H3. The lowest BCUT2D eigenvalue weighted by molar-refractivity contribution is -0.133. The highest BCUT2D eigenvalue weighted by Crippen LogP contribution is 2.32. The number of hydrogen-bond acceptors (Lipinski definition) is 3. The molecule has 2 rings (SSSR count). The second-order valence-corrected chi connectivity index (χ2v) is 5.58. The van der Waals surface area contributed by atoms with Crippen molar-refractivity contribution in [2.24, 2.45) is 5.92 Å². The number of hydrogen-bond donors (Lipinski definition) is 0. The molecule has 2 aliphatic rings. The molecular formula is C13H23NO2. The van der Waals surface area contributed by atoms with Gasteiger partial charge in [0, 0.05) is 19.5 Å². The summed E-state index contributed by atoms with van der Waals surface area (Å²) in [4.78, 5) is 14.6. The van der Waals surface area contributed by atoms with E-state index in [4.69, 9.17) is 4.74 Å². The van der Waals surface area contributed by atoms with E-state index in [1.165, 1.54) is 19.3 Å². The van der Waals surface area contributed by atoms with Gasteiger partial charge in [-0.15, -0.1) is 0 Å². The maximum atomic E-state index is 12.3. The van der Waals surface area contributed by atoms with Gasteiger partial charge in [0.05, 0.1) is 18.8 Å². The summed E-state index contributed by atoms with van der Waals surface area (Å²) >= 11 is 0. The second kappa shape index (κ2) is 4.84. The number of nitrogens with zero attached hydrogens (tertiary/aromatic N) is 1. The van der Waals surface area contributed by atoms with Crippen LogP contribution in [0.2, 0.25) is 0 Å². The highest BCUT2D eigenvalue weighted by Gasteiger charge is 2.36. The summed E-state index contributed by atoms with van der Waals surface area (Å²) in [6.45, 7) is 7.45. The van der Waals surface area contributed by atoms with E-state index in [0.717, 1.165) is 32.7 Å². The number of morpholine rings is 1. The Balaban J connectivity index is 1.90. The summed E-state index contributed by atoms with van der Waals surface area (Å²) in [6, 6.07) is 0. The topological polar surface area (TPSA) is 29.5 Å². The quantitative estimate of drug-likeness (QED) is 0.731. The van der Waals surface area contributed by atoms with E-state index in [2.05, 4.69) is 18.7 Å². The predicted molar refractivity (Wildman–Crippen MR) is 63.4 cm³/mol. The maximum absolute atomic E-state index is 12.3. The van der Waals surface area contributed by atoms with E-state index >= 15 is 0 Å². The van der Waals surface area contributed by atoms with Crippen LogP contribution in [0.4, 0.5) is 0 Å². The smallest absolute Gasteiger partial charge is 0.152 e. The van der Waals surface area contributed by atoms with Crippen LogP contribution in [0.25, 0.3) is 0 Å².